The number of carbonyl (C=O) groups excluding carboxylic acids is 1. The Kier molecular flexibility index (Phi) is 6.00. The summed E-state index contributed by atoms with van der Waals surface area (Å²) in [6, 6.07) is 10.9. The van der Waals surface area contributed by atoms with Gasteiger partial charge in [-0.15, -0.1) is 0 Å². The zero-order valence-electron chi connectivity index (χ0n) is 14.2. The predicted molar refractivity (Wildman–Crippen MR) is 94.1 cm³/mol. The van der Waals surface area contributed by atoms with Crippen molar-refractivity contribution in [1.82, 2.24) is 5.48 Å². The van der Waals surface area contributed by atoms with E-state index in [1.807, 2.05) is 0 Å². The summed E-state index contributed by atoms with van der Waals surface area (Å²) in [4.78, 5) is 16.8. The second-order valence-corrected chi connectivity index (χ2v) is 6.83. The van der Waals surface area contributed by atoms with Gasteiger partial charge in [-0.1, -0.05) is 6.07 Å². The van der Waals surface area contributed by atoms with E-state index >= 15 is 0 Å². The number of hydrogen-bond donors (Lipinski definition) is 2. The monoisotopic (exact) mass is 364 g/mol. The highest BCUT2D eigenvalue weighted by molar-refractivity contribution is 7.92. The molecular weight excluding hydrogens is 344 g/mol. The Balaban J connectivity index is 2.29. The number of benzene rings is 2. The van der Waals surface area contributed by atoms with Gasteiger partial charge in [0.05, 0.1) is 18.6 Å². The van der Waals surface area contributed by atoms with Crippen molar-refractivity contribution in [3.63, 3.8) is 0 Å². The number of carbonyl (C=O) groups is 1. The Hall–Kier alpha value is -2.58. The number of nitrogens with one attached hydrogen (secondary N) is 2. The van der Waals surface area contributed by atoms with E-state index in [-0.39, 0.29) is 10.5 Å². The number of hydrogen-bond acceptors (Lipinski definition) is 5. The second kappa shape index (κ2) is 8.00. The van der Waals surface area contributed by atoms with Crippen LogP contribution in [-0.4, -0.2) is 28.0 Å². The van der Waals surface area contributed by atoms with Crippen LogP contribution in [0, 0.1) is 6.92 Å². The summed E-state index contributed by atoms with van der Waals surface area (Å²) >= 11 is 0. The molecule has 2 N–H and O–H groups in total. The van der Waals surface area contributed by atoms with E-state index in [1.165, 1.54) is 19.2 Å². The summed E-state index contributed by atoms with van der Waals surface area (Å²) < 4.78 is 32.9. The summed E-state index contributed by atoms with van der Waals surface area (Å²) in [5.41, 5.74) is 3.35. The number of ether oxygens (including phenoxy) is 1. The number of rotatable bonds is 7. The van der Waals surface area contributed by atoms with Crippen LogP contribution >= 0.6 is 0 Å². The van der Waals surface area contributed by atoms with Gasteiger partial charge in [-0.05, 0) is 55.8 Å². The molecule has 0 bridgehead atoms. The average molecular weight is 364 g/mol. The first-order valence-electron chi connectivity index (χ1n) is 7.57. The van der Waals surface area contributed by atoms with Crippen molar-refractivity contribution in [2.45, 2.75) is 18.7 Å². The predicted octanol–water partition coefficient (Wildman–Crippen LogP) is 2.49. The van der Waals surface area contributed by atoms with Crippen LogP contribution < -0.4 is 14.9 Å². The van der Waals surface area contributed by atoms with Gasteiger partial charge in [-0.25, -0.2) is 13.9 Å². The molecule has 0 aliphatic heterocycles. The summed E-state index contributed by atoms with van der Waals surface area (Å²) in [6.45, 7) is 3.69. The van der Waals surface area contributed by atoms with Crippen molar-refractivity contribution in [2.24, 2.45) is 0 Å². The van der Waals surface area contributed by atoms with E-state index in [9.17, 15) is 13.2 Å². The van der Waals surface area contributed by atoms with E-state index < -0.39 is 15.9 Å². The molecule has 0 heterocycles. The molecule has 7 nitrogen and oxygen atoms in total. The van der Waals surface area contributed by atoms with Gasteiger partial charge >= 0.3 is 0 Å². The lowest BCUT2D eigenvalue weighted by atomic mass is 10.1. The molecule has 0 saturated carbocycles. The van der Waals surface area contributed by atoms with Gasteiger partial charge in [-0.3, -0.25) is 14.4 Å². The number of sulfonamides is 1. The molecule has 0 unspecified atom stereocenters. The van der Waals surface area contributed by atoms with Gasteiger partial charge < -0.3 is 4.74 Å². The van der Waals surface area contributed by atoms with E-state index in [1.54, 1.807) is 44.2 Å². The average Bonchev–Trinajstić information content (AvgIpc) is 2.60. The fraction of sp³-hybridized carbons (Fsp3) is 0.235. The highest BCUT2D eigenvalue weighted by Gasteiger charge is 2.19. The first kappa shape index (κ1) is 18.8. The zero-order chi connectivity index (χ0) is 18.4. The Bertz CT molecular complexity index is 848. The minimum Gasteiger partial charge on any atom is -0.497 e. The van der Waals surface area contributed by atoms with Crippen LogP contribution in [0.25, 0.3) is 0 Å². The van der Waals surface area contributed by atoms with Gasteiger partial charge in [0.1, 0.15) is 5.75 Å². The molecule has 134 valence electrons. The molecule has 2 rings (SSSR count). The fourth-order valence-electron chi connectivity index (χ4n) is 2.10. The fourth-order valence-corrected chi connectivity index (χ4v) is 3.43. The Morgan fingerprint density at radius 3 is 2.40 bits per heavy atom. The van der Waals surface area contributed by atoms with Crippen molar-refractivity contribution >= 4 is 21.6 Å². The number of aryl methyl sites for hydroxylation is 1. The standard InChI is InChI=1S/C17H20N2O5S/c1-4-24-18-17(20)13-6-5-12(2)16(11-13)25(21,22)19-14-7-9-15(23-3)10-8-14/h5-11,19H,4H2,1-3H3,(H,18,20). The third kappa shape index (κ3) is 4.71. The number of hydroxylamine groups is 1. The SMILES string of the molecule is CCONC(=O)c1ccc(C)c(S(=O)(=O)Nc2ccc(OC)cc2)c1. The lowest BCUT2D eigenvalue weighted by Gasteiger charge is -2.12. The molecular formula is C17H20N2O5S. The normalized spacial score (nSPS) is 11.0. The third-order valence-electron chi connectivity index (χ3n) is 3.39. The maximum Gasteiger partial charge on any atom is 0.274 e. The van der Waals surface area contributed by atoms with Gasteiger partial charge in [-0.2, -0.15) is 0 Å². The zero-order valence-corrected chi connectivity index (χ0v) is 15.0. The minimum atomic E-state index is -3.85. The molecule has 0 fully saturated rings. The highest BCUT2D eigenvalue weighted by Crippen LogP contribution is 2.22. The van der Waals surface area contributed by atoms with Crippen LogP contribution in [0.3, 0.4) is 0 Å². The van der Waals surface area contributed by atoms with Gasteiger partial charge in [0.25, 0.3) is 15.9 Å². The van der Waals surface area contributed by atoms with Gasteiger partial charge in [0.15, 0.2) is 0 Å². The Morgan fingerprint density at radius 2 is 1.80 bits per heavy atom. The van der Waals surface area contributed by atoms with E-state index in [0.717, 1.165) is 0 Å². The first-order chi connectivity index (χ1) is 11.9. The smallest absolute Gasteiger partial charge is 0.274 e. The maximum atomic E-state index is 12.7. The topological polar surface area (TPSA) is 93.7 Å². The summed E-state index contributed by atoms with van der Waals surface area (Å²) in [7, 11) is -2.32. The molecule has 0 aliphatic carbocycles. The third-order valence-corrected chi connectivity index (χ3v) is 4.91. The van der Waals surface area contributed by atoms with Crippen LogP contribution in [-0.2, 0) is 14.9 Å². The lowest BCUT2D eigenvalue weighted by Crippen LogP contribution is -2.24. The molecule has 0 aromatic heterocycles. The maximum absolute atomic E-state index is 12.7. The van der Waals surface area contributed by atoms with Crippen molar-refractivity contribution < 1.29 is 22.8 Å². The molecule has 2 aromatic carbocycles. The molecule has 2 aromatic rings. The number of methoxy groups -OCH3 is 1. The van der Waals surface area contributed by atoms with Gasteiger partial charge in [0, 0.05) is 11.3 Å². The van der Waals surface area contributed by atoms with Crippen LogP contribution in [0.15, 0.2) is 47.4 Å². The molecule has 0 radical (unpaired) electrons. The van der Waals surface area contributed by atoms with Crippen LogP contribution in [0.4, 0.5) is 5.69 Å². The molecule has 0 saturated heterocycles. The van der Waals surface area contributed by atoms with Crippen molar-refractivity contribution in [3.8, 4) is 5.75 Å². The number of amides is 1. The summed E-state index contributed by atoms with van der Waals surface area (Å²) in [5, 5.41) is 0. The molecule has 1 amide bonds. The number of anilines is 1. The first-order valence-corrected chi connectivity index (χ1v) is 9.05. The van der Waals surface area contributed by atoms with E-state index in [4.69, 9.17) is 9.57 Å². The van der Waals surface area contributed by atoms with Crippen molar-refractivity contribution in [2.75, 3.05) is 18.4 Å². The summed E-state index contributed by atoms with van der Waals surface area (Å²) in [5.74, 6) is 0.108. The van der Waals surface area contributed by atoms with Crippen LogP contribution in [0.5, 0.6) is 5.75 Å². The molecule has 8 heteroatoms. The molecule has 0 spiro atoms. The summed E-state index contributed by atoms with van der Waals surface area (Å²) in [6.07, 6.45) is 0. The van der Waals surface area contributed by atoms with Crippen molar-refractivity contribution in [3.05, 3.63) is 53.6 Å². The molecule has 25 heavy (non-hydrogen) atoms. The van der Waals surface area contributed by atoms with Crippen LogP contribution in [0.2, 0.25) is 0 Å². The van der Waals surface area contributed by atoms with E-state index in [0.29, 0.717) is 23.6 Å². The van der Waals surface area contributed by atoms with Gasteiger partial charge in [0.2, 0.25) is 0 Å². The lowest BCUT2D eigenvalue weighted by molar-refractivity contribution is 0.0364. The minimum absolute atomic E-state index is 0.0208. The Labute approximate surface area is 147 Å². The van der Waals surface area contributed by atoms with Crippen LogP contribution in [0.1, 0.15) is 22.8 Å². The van der Waals surface area contributed by atoms with Crippen molar-refractivity contribution in [1.29, 1.82) is 0 Å². The van der Waals surface area contributed by atoms with E-state index in [2.05, 4.69) is 10.2 Å². The largest absolute Gasteiger partial charge is 0.497 e. The molecule has 0 aliphatic rings. The quantitative estimate of drug-likeness (QED) is 0.736. The Morgan fingerprint density at radius 1 is 1.12 bits per heavy atom. The second-order valence-electron chi connectivity index (χ2n) is 5.18. The highest BCUT2D eigenvalue weighted by atomic mass is 32.2. The molecule has 0 atom stereocenters.